The molecule has 0 radical (unpaired) electrons. The van der Waals surface area contributed by atoms with E-state index in [4.69, 9.17) is 5.73 Å². The summed E-state index contributed by atoms with van der Waals surface area (Å²) in [7, 11) is 3.24. The number of aromatic nitrogens is 2. The van der Waals surface area contributed by atoms with Gasteiger partial charge in [-0.2, -0.15) is 31.3 Å². The van der Waals surface area contributed by atoms with Gasteiger partial charge in [0.2, 0.25) is 11.8 Å². The second kappa shape index (κ2) is 5.56. The molecule has 0 amide bonds. The summed E-state index contributed by atoms with van der Waals surface area (Å²) in [5, 5.41) is 3.08. The Morgan fingerprint density at radius 3 is 2.05 bits per heavy atom. The molecule has 116 valence electrons. The average molecular weight is 306 g/mol. The van der Waals surface area contributed by atoms with Gasteiger partial charge in [0, 0.05) is 6.54 Å². The maximum absolute atomic E-state index is 12.4. The minimum Gasteiger partial charge on any atom is -0.338 e. The van der Waals surface area contributed by atoms with Crippen molar-refractivity contribution in [2.24, 2.45) is 5.73 Å². The molecule has 0 saturated carbocycles. The minimum atomic E-state index is -5.58. The topological polar surface area (TPSA) is 68.2 Å². The quantitative estimate of drug-likeness (QED) is 0.860. The number of rotatable bonds is 4. The maximum atomic E-state index is 12.4. The van der Waals surface area contributed by atoms with E-state index in [1.165, 1.54) is 0 Å². The standard InChI is InChI=1S/C9H12F6N4O/c1-19(2)3-4(16)6-17-7(20-18-6)5(8(10,11)12)9(13,14)15/h4-5H,3,16H2,1-2H3. The molecule has 0 aliphatic rings. The van der Waals surface area contributed by atoms with E-state index in [0.29, 0.717) is 0 Å². The smallest absolute Gasteiger partial charge is 0.338 e. The summed E-state index contributed by atoms with van der Waals surface area (Å²) in [4.78, 5) is 4.70. The van der Waals surface area contributed by atoms with Crippen molar-refractivity contribution in [3.05, 3.63) is 11.7 Å². The van der Waals surface area contributed by atoms with E-state index < -0.39 is 36.0 Å². The molecule has 1 aromatic heterocycles. The van der Waals surface area contributed by atoms with E-state index in [9.17, 15) is 26.3 Å². The van der Waals surface area contributed by atoms with E-state index in [0.717, 1.165) is 0 Å². The van der Waals surface area contributed by atoms with Gasteiger partial charge in [-0.05, 0) is 14.1 Å². The van der Waals surface area contributed by atoms with Crippen LogP contribution >= 0.6 is 0 Å². The van der Waals surface area contributed by atoms with Gasteiger partial charge in [0.15, 0.2) is 5.82 Å². The molecular formula is C9H12F6N4O. The first-order valence-corrected chi connectivity index (χ1v) is 5.30. The van der Waals surface area contributed by atoms with Crippen LogP contribution in [-0.4, -0.2) is 48.0 Å². The van der Waals surface area contributed by atoms with Gasteiger partial charge in [-0.1, -0.05) is 5.16 Å². The van der Waals surface area contributed by atoms with Crippen LogP contribution in [0.1, 0.15) is 23.7 Å². The maximum Gasteiger partial charge on any atom is 0.409 e. The monoisotopic (exact) mass is 306 g/mol. The lowest BCUT2D eigenvalue weighted by Crippen LogP contribution is -2.34. The number of nitrogens with zero attached hydrogens (tertiary/aromatic N) is 3. The summed E-state index contributed by atoms with van der Waals surface area (Å²) in [5.41, 5.74) is 5.54. The minimum absolute atomic E-state index is 0.141. The predicted molar refractivity (Wildman–Crippen MR) is 54.6 cm³/mol. The van der Waals surface area contributed by atoms with Gasteiger partial charge in [-0.3, -0.25) is 0 Å². The van der Waals surface area contributed by atoms with Crippen LogP contribution in [0, 0.1) is 0 Å². The molecule has 1 rings (SSSR count). The molecule has 1 aromatic rings. The largest absolute Gasteiger partial charge is 0.409 e. The summed E-state index contributed by atoms with van der Waals surface area (Å²) < 4.78 is 78.7. The fourth-order valence-electron chi connectivity index (χ4n) is 1.46. The summed E-state index contributed by atoms with van der Waals surface area (Å²) in [6.07, 6.45) is -11.2. The van der Waals surface area contributed by atoms with Gasteiger partial charge in [0.25, 0.3) is 0 Å². The predicted octanol–water partition coefficient (Wildman–Crippen LogP) is 1.84. The van der Waals surface area contributed by atoms with Crippen LogP contribution in [0.5, 0.6) is 0 Å². The van der Waals surface area contributed by atoms with Crippen LogP contribution in [0.15, 0.2) is 4.52 Å². The van der Waals surface area contributed by atoms with E-state index in [-0.39, 0.29) is 6.54 Å². The first-order chi connectivity index (χ1) is 8.93. The van der Waals surface area contributed by atoms with Crippen molar-refractivity contribution in [1.29, 1.82) is 0 Å². The van der Waals surface area contributed by atoms with Crippen molar-refractivity contribution < 1.29 is 30.9 Å². The Balaban J connectivity index is 3.04. The highest BCUT2D eigenvalue weighted by Gasteiger charge is 2.60. The molecule has 1 unspecified atom stereocenters. The SMILES string of the molecule is CN(C)CC(N)c1noc(C(C(F)(F)F)C(F)(F)F)n1. The highest BCUT2D eigenvalue weighted by atomic mass is 19.4. The van der Waals surface area contributed by atoms with Gasteiger partial charge in [-0.25, -0.2) is 0 Å². The van der Waals surface area contributed by atoms with Crippen LogP contribution in [0.2, 0.25) is 0 Å². The van der Waals surface area contributed by atoms with Crippen LogP contribution < -0.4 is 5.73 Å². The molecule has 1 atom stereocenters. The fourth-order valence-corrected chi connectivity index (χ4v) is 1.46. The average Bonchev–Trinajstić information content (AvgIpc) is 2.60. The second-order valence-corrected chi connectivity index (χ2v) is 4.38. The van der Waals surface area contributed by atoms with Gasteiger partial charge < -0.3 is 15.2 Å². The second-order valence-electron chi connectivity index (χ2n) is 4.38. The summed E-state index contributed by atoms with van der Waals surface area (Å²) in [5.74, 6) is -5.79. The molecule has 0 aliphatic carbocycles. The zero-order valence-electron chi connectivity index (χ0n) is 10.5. The van der Waals surface area contributed by atoms with Crippen LogP contribution in [-0.2, 0) is 0 Å². The molecule has 11 heteroatoms. The zero-order valence-corrected chi connectivity index (χ0v) is 10.5. The lowest BCUT2D eigenvalue weighted by atomic mass is 10.1. The van der Waals surface area contributed by atoms with Crippen molar-refractivity contribution in [2.45, 2.75) is 24.3 Å². The number of likely N-dealkylation sites (N-methyl/N-ethyl adjacent to an activating group) is 1. The molecule has 0 aliphatic heterocycles. The van der Waals surface area contributed by atoms with Crippen LogP contribution in [0.4, 0.5) is 26.3 Å². The number of hydrogen-bond acceptors (Lipinski definition) is 5. The zero-order chi connectivity index (χ0) is 15.7. The summed E-state index contributed by atoms with van der Waals surface area (Å²) in [6.45, 7) is 0.141. The van der Waals surface area contributed by atoms with Gasteiger partial charge >= 0.3 is 12.4 Å². The molecule has 0 bridgehead atoms. The molecule has 0 saturated heterocycles. The number of alkyl halides is 6. The number of halogens is 6. The van der Waals surface area contributed by atoms with Crippen molar-refractivity contribution in [3.8, 4) is 0 Å². The van der Waals surface area contributed by atoms with Crippen molar-refractivity contribution in [3.63, 3.8) is 0 Å². The lowest BCUT2D eigenvalue weighted by molar-refractivity contribution is -0.259. The Bertz CT molecular complexity index is 426. The molecule has 20 heavy (non-hydrogen) atoms. The van der Waals surface area contributed by atoms with Crippen molar-refractivity contribution in [1.82, 2.24) is 15.0 Å². The third-order valence-electron chi connectivity index (χ3n) is 2.25. The van der Waals surface area contributed by atoms with Crippen molar-refractivity contribution in [2.75, 3.05) is 20.6 Å². The molecule has 0 spiro atoms. The number of nitrogens with two attached hydrogens (primary N) is 1. The van der Waals surface area contributed by atoms with E-state index in [1.54, 1.807) is 19.0 Å². The Morgan fingerprint density at radius 2 is 1.65 bits per heavy atom. The van der Waals surface area contributed by atoms with Crippen molar-refractivity contribution >= 4 is 0 Å². The van der Waals surface area contributed by atoms with Gasteiger partial charge in [0.1, 0.15) is 0 Å². The van der Waals surface area contributed by atoms with Gasteiger partial charge in [0.05, 0.1) is 6.04 Å². The molecule has 5 nitrogen and oxygen atoms in total. The third kappa shape index (κ3) is 4.07. The van der Waals surface area contributed by atoms with Crippen LogP contribution in [0.25, 0.3) is 0 Å². The summed E-state index contributed by atoms with van der Waals surface area (Å²) in [6, 6.07) is -0.954. The van der Waals surface area contributed by atoms with Crippen LogP contribution in [0.3, 0.4) is 0 Å². The van der Waals surface area contributed by atoms with E-state index in [2.05, 4.69) is 14.7 Å². The molecule has 1 heterocycles. The first-order valence-electron chi connectivity index (χ1n) is 5.30. The molecule has 0 fully saturated rings. The van der Waals surface area contributed by atoms with E-state index >= 15 is 0 Å². The fraction of sp³-hybridized carbons (Fsp3) is 0.778. The highest BCUT2D eigenvalue weighted by Crippen LogP contribution is 2.45. The number of hydrogen-bond donors (Lipinski definition) is 1. The lowest BCUT2D eigenvalue weighted by Gasteiger charge is -2.19. The Labute approximate surface area is 109 Å². The Morgan fingerprint density at radius 1 is 1.15 bits per heavy atom. The molecule has 2 N–H and O–H groups in total. The molecular weight excluding hydrogens is 294 g/mol. The van der Waals surface area contributed by atoms with E-state index in [1.807, 2.05) is 0 Å². The third-order valence-corrected chi connectivity index (χ3v) is 2.25. The Kier molecular flexibility index (Phi) is 4.64. The molecule has 0 aromatic carbocycles. The summed E-state index contributed by atoms with van der Waals surface area (Å²) >= 11 is 0. The first kappa shape index (κ1) is 16.7. The highest BCUT2D eigenvalue weighted by molar-refractivity contribution is 5.03. The normalized spacial score (nSPS) is 15.2. The Hall–Kier alpha value is -1.36. The van der Waals surface area contributed by atoms with Gasteiger partial charge in [-0.15, -0.1) is 0 Å².